The highest BCUT2D eigenvalue weighted by atomic mass is 16.5. The van der Waals surface area contributed by atoms with Crippen molar-refractivity contribution in [1.29, 1.82) is 0 Å². The standard InChI is InChI=1S/C21H21N3O5/c1-13-8-10-29-19(13)20(25)23-9-7-17-16(12-23)18(21(26)27)22-24(17)11-14-3-5-15(28-2)6-4-14/h3-6,8,10H,7,9,11-12H2,1-2H3,(H,26,27). The minimum atomic E-state index is -1.10. The van der Waals surface area contributed by atoms with Crippen LogP contribution in [-0.4, -0.2) is 45.3 Å². The molecule has 8 nitrogen and oxygen atoms in total. The highest BCUT2D eigenvalue weighted by Gasteiger charge is 2.31. The van der Waals surface area contributed by atoms with Crippen LogP contribution in [-0.2, 0) is 19.5 Å². The number of aromatic carboxylic acids is 1. The Morgan fingerprint density at radius 2 is 2.00 bits per heavy atom. The number of carboxylic acids is 1. The molecule has 150 valence electrons. The number of amides is 1. The van der Waals surface area contributed by atoms with Crippen molar-refractivity contribution in [2.75, 3.05) is 13.7 Å². The summed E-state index contributed by atoms with van der Waals surface area (Å²) in [5, 5.41) is 14.0. The Kier molecular flexibility index (Phi) is 4.84. The van der Waals surface area contributed by atoms with E-state index in [1.54, 1.807) is 22.8 Å². The Bertz CT molecular complexity index is 1060. The summed E-state index contributed by atoms with van der Waals surface area (Å²) in [5.41, 5.74) is 3.16. The SMILES string of the molecule is COc1ccc(Cn2nc(C(=O)O)c3c2CCN(C(=O)c2occc2C)C3)cc1. The third kappa shape index (κ3) is 3.49. The predicted octanol–water partition coefficient (Wildman–Crippen LogP) is 2.74. The van der Waals surface area contributed by atoms with E-state index >= 15 is 0 Å². The van der Waals surface area contributed by atoms with Crippen LogP contribution in [0.1, 0.15) is 43.4 Å². The number of ether oxygens (including phenoxy) is 1. The van der Waals surface area contributed by atoms with E-state index in [2.05, 4.69) is 5.10 Å². The van der Waals surface area contributed by atoms with Gasteiger partial charge in [-0.2, -0.15) is 5.10 Å². The second kappa shape index (κ2) is 7.46. The Labute approximate surface area is 167 Å². The predicted molar refractivity (Wildman–Crippen MR) is 103 cm³/mol. The summed E-state index contributed by atoms with van der Waals surface area (Å²) in [6.07, 6.45) is 2.00. The maximum atomic E-state index is 12.8. The third-order valence-corrected chi connectivity index (χ3v) is 5.17. The Morgan fingerprint density at radius 3 is 2.62 bits per heavy atom. The van der Waals surface area contributed by atoms with Gasteiger partial charge < -0.3 is 19.2 Å². The molecule has 4 rings (SSSR count). The number of hydrogen-bond donors (Lipinski definition) is 1. The number of methoxy groups -OCH3 is 1. The molecule has 0 bridgehead atoms. The highest BCUT2D eigenvalue weighted by Crippen LogP contribution is 2.26. The van der Waals surface area contributed by atoms with E-state index in [1.165, 1.54) is 6.26 Å². The van der Waals surface area contributed by atoms with Crippen LogP contribution in [0.5, 0.6) is 5.75 Å². The second-order valence-electron chi connectivity index (χ2n) is 6.99. The summed E-state index contributed by atoms with van der Waals surface area (Å²) in [6.45, 7) is 2.92. The molecule has 1 aliphatic heterocycles. The molecule has 0 radical (unpaired) electrons. The first-order valence-corrected chi connectivity index (χ1v) is 9.26. The van der Waals surface area contributed by atoms with Crippen molar-refractivity contribution in [1.82, 2.24) is 14.7 Å². The number of aryl methyl sites for hydroxylation is 1. The van der Waals surface area contributed by atoms with Gasteiger partial charge in [0.2, 0.25) is 0 Å². The number of nitrogens with zero attached hydrogens (tertiary/aromatic N) is 3. The number of benzene rings is 1. The molecule has 0 spiro atoms. The zero-order valence-corrected chi connectivity index (χ0v) is 16.2. The lowest BCUT2D eigenvalue weighted by molar-refractivity contribution is 0.0665. The van der Waals surface area contributed by atoms with E-state index in [9.17, 15) is 14.7 Å². The molecule has 1 aliphatic rings. The third-order valence-electron chi connectivity index (χ3n) is 5.17. The summed E-state index contributed by atoms with van der Waals surface area (Å²) >= 11 is 0. The summed E-state index contributed by atoms with van der Waals surface area (Å²) < 4.78 is 12.2. The maximum Gasteiger partial charge on any atom is 0.356 e. The minimum absolute atomic E-state index is 0.0119. The number of hydrogen-bond acceptors (Lipinski definition) is 5. The van der Waals surface area contributed by atoms with Crippen LogP contribution in [0.25, 0.3) is 0 Å². The van der Waals surface area contributed by atoms with Crippen molar-refractivity contribution >= 4 is 11.9 Å². The molecule has 1 aromatic carbocycles. The number of rotatable bonds is 5. The van der Waals surface area contributed by atoms with Crippen molar-refractivity contribution in [3.05, 3.63) is 70.4 Å². The largest absolute Gasteiger partial charge is 0.497 e. The van der Waals surface area contributed by atoms with Crippen molar-refractivity contribution in [2.24, 2.45) is 0 Å². The normalized spacial score (nSPS) is 13.2. The average molecular weight is 395 g/mol. The monoisotopic (exact) mass is 395 g/mol. The van der Waals surface area contributed by atoms with Gasteiger partial charge in [0, 0.05) is 29.8 Å². The summed E-state index contributed by atoms with van der Waals surface area (Å²) in [6, 6.07) is 9.29. The maximum absolute atomic E-state index is 12.8. The van der Waals surface area contributed by atoms with Gasteiger partial charge in [0.05, 0.1) is 26.5 Å². The van der Waals surface area contributed by atoms with E-state index in [4.69, 9.17) is 9.15 Å². The lowest BCUT2D eigenvalue weighted by Crippen LogP contribution is -2.37. The number of fused-ring (bicyclic) bond motifs is 1. The quantitative estimate of drug-likeness (QED) is 0.713. The van der Waals surface area contributed by atoms with Gasteiger partial charge in [0.1, 0.15) is 5.75 Å². The minimum Gasteiger partial charge on any atom is -0.497 e. The van der Waals surface area contributed by atoms with Crippen molar-refractivity contribution < 1.29 is 23.8 Å². The van der Waals surface area contributed by atoms with Crippen molar-refractivity contribution in [3.8, 4) is 5.75 Å². The zero-order valence-electron chi connectivity index (χ0n) is 16.2. The first-order valence-electron chi connectivity index (χ1n) is 9.26. The molecule has 0 saturated carbocycles. The Morgan fingerprint density at radius 1 is 1.24 bits per heavy atom. The molecule has 8 heteroatoms. The zero-order chi connectivity index (χ0) is 20.5. The molecule has 0 atom stereocenters. The van der Waals surface area contributed by atoms with Crippen molar-refractivity contribution in [3.63, 3.8) is 0 Å². The molecular formula is C21H21N3O5. The van der Waals surface area contributed by atoms with Crippen LogP contribution in [0.15, 0.2) is 41.0 Å². The molecule has 0 unspecified atom stereocenters. The smallest absolute Gasteiger partial charge is 0.356 e. The number of furan rings is 1. The number of carboxylic acid groups (broad SMARTS) is 1. The van der Waals surface area contributed by atoms with Gasteiger partial charge in [0.15, 0.2) is 11.5 Å². The van der Waals surface area contributed by atoms with Crippen molar-refractivity contribution in [2.45, 2.75) is 26.4 Å². The first kappa shape index (κ1) is 18.8. The molecule has 3 heterocycles. The van der Waals surface area contributed by atoms with E-state index in [1.807, 2.05) is 31.2 Å². The highest BCUT2D eigenvalue weighted by molar-refractivity contribution is 5.93. The molecular weight excluding hydrogens is 374 g/mol. The van der Waals surface area contributed by atoms with Crippen LogP contribution in [0.3, 0.4) is 0 Å². The molecule has 0 fully saturated rings. The van der Waals surface area contributed by atoms with Gasteiger partial charge in [-0.25, -0.2) is 4.79 Å². The van der Waals surface area contributed by atoms with Gasteiger partial charge in [-0.05, 0) is 30.7 Å². The fraction of sp³-hybridized carbons (Fsp3) is 0.286. The van der Waals surface area contributed by atoms with E-state index in [-0.39, 0.29) is 23.9 Å². The first-order chi connectivity index (χ1) is 14.0. The molecule has 0 saturated heterocycles. The molecule has 0 aliphatic carbocycles. The Balaban J connectivity index is 1.62. The van der Waals surface area contributed by atoms with Gasteiger partial charge >= 0.3 is 5.97 Å². The summed E-state index contributed by atoms with van der Waals surface area (Å²) in [5.74, 6) is -0.295. The van der Waals surface area contributed by atoms with Gasteiger partial charge in [-0.15, -0.1) is 0 Å². The van der Waals surface area contributed by atoms with E-state index in [0.717, 1.165) is 22.6 Å². The molecule has 1 N–H and O–H groups in total. The van der Waals surface area contributed by atoms with E-state index in [0.29, 0.717) is 25.1 Å². The fourth-order valence-corrected chi connectivity index (χ4v) is 3.61. The Hall–Kier alpha value is -3.55. The molecule has 3 aromatic rings. The van der Waals surface area contributed by atoms with Gasteiger partial charge in [-0.3, -0.25) is 9.48 Å². The number of carbonyl (C=O) groups is 2. The number of carbonyl (C=O) groups excluding carboxylic acids is 1. The average Bonchev–Trinajstić information content (AvgIpc) is 3.31. The summed E-state index contributed by atoms with van der Waals surface area (Å²) in [4.78, 5) is 26.2. The topological polar surface area (TPSA) is 97.8 Å². The van der Waals surface area contributed by atoms with Crippen LogP contribution in [0.2, 0.25) is 0 Å². The molecule has 29 heavy (non-hydrogen) atoms. The lowest BCUT2D eigenvalue weighted by atomic mass is 10.0. The van der Waals surface area contributed by atoms with Crippen LogP contribution < -0.4 is 4.74 Å². The lowest BCUT2D eigenvalue weighted by Gasteiger charge is -2.27. The number of aromatic nitrogens is 2. The second-order valence-corrected chi connectivity index (χ2v) is 6.99. The molecule has 1 amide bonds. The van der Waals surface area contributed by atoms with Crippen LogP contribution in [0.4, 0.5) is 0 Å². The summed E-state index contributed by atoms with van der Waals surface area (Å²) in [7, 11) is 1.61. The fourth-order valence-electron chi connectivity index (χ4n) is 3.61. The molecule has 2 aromatic heterocycles. The van der Waals surface area contributed by atoms with Gasteiger partial charge in [-0.1, -0.05) is 12.1 Å². The van der Waals surface area contributed by atoms with Gasteiger partial charge in [0.25, 0.3) is 5.91 Å². The van der Waals surface area contributed by atoms with Crippen LogP contribution in [0, 0.1) is 6.92 Å². The van der Waals surface area contributed by atoms with E-state index < -0.39 is 5.97 Å². The van der Waals surface area contributed by atoms with Crippen LogP contribution >= 0.6 is 0 Å².